The lowest BCUT2D eigenvalue weighted by molar-refractivity contribution is -0.118. The summed E-state index contributed by atoms with van der Waals surface area (Å²) < 4.78 is 40.0. The Kier molecular flexibility index (Phi) is 5.42. The normalized spacial score (nSPS) is 13.4. The topological polar surface area (TPSA) is 29.1 Å². The molecule has 0 fully saturated rings. The zero-order chi connectivity index (χ0) is 17.0. The van der Waals surface area contributed by atoms with E-state index in [0.717, 1.165) is 24.1 Å². The fourth-order valence-electron chi connectivity index (χ4n) is 2.47. The molecule has 0 aliphatic rings. The van der Waals surface area contributed by atoms with Gasteiger partial charge in [0.25, 0.3) is 0 Å². The van der Waals surface area contributed by atoms with Gasteiger partial charge in [0.1, 0.15) is 0 Å². The van der Waals surface area contributed by atoms with Crippen LogP contribution in [0.15, 0.2) is 42.5 Å². The Morgan fingerprint density at radius 2 is 1.70 bits per heavy atom. The van der Waals surface area contributed by atoms with E-state index in [1.165, 1.54) is 0 Å². The molecule has 0 bridgehead atoms. The number of carbonyl (C=O) groups excluding carboxylic acids is 1. The van der Waals surface area contributed by atoms with Crippen LogP contribution in [0.4, 0.5) is 18.9 Å². The smallest absolute Gasteiger partial charge is 0.232 e. The molecule has 2 rings (SSSR count). The molecule has 0 saturated heterocycles. The van der Waals surface area contributed by atoms with Crippen LogP contribution in [0.5, 0.6) is 0 Å². The first-order chi connectivity index (χ1) is 11.0. The van der Waals surface area contributed by atoms with Gasteiger partial charge in [0.2, 0.25) is 5.91 Å². The van der Waals surface area contributed by atoms with Crippen LogP contribution in [0.2, 0.25) is 0 Å². The second kappa shape index (κ2) is 7.31. The number of nitrogens with one attached hydrogen (secondary N) is 1. The van der Waals surface area contributed by atoms with Gasteiger partial charge in [0, 0.05) is 0 Å². The number of anilines is 1. The SMILES string of the molecule is CC[C@H](C)[C@H](C(=O)Nc1ccc(F)c(F)c1F)c1ccccc1. The van der Waals surface area contributed by atoms with Crippen molar-refractivity contribution in [3.8, 4) is 0 Å². The molecule has 2 aromatic rings. The average molecular weight is 321 g/mol. The van der Waals surface area contributed by atoms with Crippen LogP contribution < -0.4 is 5.32 Å². The molecule has 2 nitrogen and oxygen atoms in total. The highest BCUT2D eigenvalue weighted by molar-refractivity contribution is 5.96. The molecular formula is C18H18F3NO. The van der Waals surface area contributed by atoms with Crippen molar-refractivity contribution in [1.29, 1.82) is 0 Å². The van der Waals surface area contributed by atoms with E-state index in [-0.39, 0.29) is 11.6 Å². The Bertz CT molecular complexity index is 688. The highest BCUT2D eigenvalue weighted by Gasteiger charge is 2.27. The number of hydrogen-bond acceptors (Lipinski definition) is 1. The van der Waals surface area contributed by atoms with Crippen molar-refractivity contribution in [2.24, 2.45) is 5.92 Å². The van der Waals surface area contributed by atoms with E-state index in [0.29, 0.717) is 0 Å². The summed E-state index contributed by atoms with van der Waals surface area (Å²) in [5.74, 6) is -5.23. The minimum absolute atomic E-state index is 0.00533. The first kappa shape index (κ1) is 17.1. The quantitative estimate of drug-likeness (QED) is 0.782. The van der Waals surface area contributed by atoms with Crippen LogP contribution in [-0.2, 0) is 4.79 Å². The minimum Gasteiger partial charge on any atom is -0.323 e. The molecule has 0 radical (unpaired) electrons. The molecule has 2 aromatic carbocycles. The van der Waals surface area contributed by atoms with Gasteiger partial charge in [0.05, 0.1) is 11.6 Å². The van der Waals surface area contributed by atoms with E-state index in [9.17, 15) is 18.0 Å². The third kappa shape index (κ3) is 3.73. The molecule has 122 valence electrons. The zero-order valence-corrected chi connectivity index (χ0v) is 12.9. The van der Waals surface area contributed by atoms with Crippen LogP contribution in [0.25, 0.3) is 0 Å². The largest absolute Gasteiger partial charge is 0.323 e. The molecule has 0 saturated carbocycles. The van der Waals surface area contributed by atoms with Gasteiger partial charge in [-0.25, -0.2) is 13.2 Å². The summed E-state index contributed by atoms with van der Waals surface area (Å²) in [7, 11) is 0. The van der Waals surface area contributed by atoms with E-state index >= 15 is 0 Å². The van der Waals surface area contributed by atoms with Crippen molar-refractivity contribution in [2.45, 2.75) is 26.2 Å². The molecule has 0 aliphatic carbocycles. The van der Waals surface area contributed by atoms with E-state index in [2.05, 4.69) is 5.32 Å². The van der Waals surface area contributed by atoms with E-state index in [4.69, 9.17) is 0 Å². The van der Waals surface area contributed by atoms with Crippen LogP contribution in [0, 0.1) is 23.4 Å². The molecule has 0 aliphatic heterocycles. The number of hydrogen-bond donors (Lipinski definition) is 1. The summed E-state index contributed by atoms with van der Waals surface area (Å²) in [6.07, 6.45) is 0.743. The highest BCUT2D eigenvalue weighted by atomic mass is 19.2. The second-order valence-corrected chi connectivity index (χ2v) is 5.49. The van der Waals surface area contributed by atoms with E-state index in [1.54, 1.807) is 0 Å². The second-order valence-electron chi connectivity index (χ2n) is 5.49. The fourth-order valence-corrected chi connectivity index (χ4v) is 2.47. The number of rotatable bonds is 5. The third-order valence-corrected chi connectivity index (χ3v) is 3.95. The Balaban J connectivity index is 2.31. The zero-order valence-electron chi connectivity index (χ0n) is 12.9. The molecule has 5 heteroatoms. The van der Waals surface area contributed by atoms with Crippen LogP contribution in [0.1, 0.15) is 31.7 Å². The third-order valence-electron chi connectivity index (χ3n) is 3.95. The van der Waals surface area contributed by atoms with Crippen LogP contribution in [-0.4, -0.2) is 5.91 Å². The summed E-state index contributed by atoms with van der Waals surface area (Å²) in [6.45, 7) is 3.87. The predicted octanol–water partition coefficient (Wildman–Crippen LogP) is 4.87. The lowest BCUT2D eigenvalue weighted by Gasteiger charge is -2.23. The van der Waals surface area contributed by atoms with Crippen LogP contribution in [0.3, 0.4) is 0 Å². The monoisotopic (exact) mass is 321 g/mol. The molecule has 0 spiro atoms. The first-order valence-corrected chi connectivity index (χ1v) is 7.45. The maximum Gasteiger partial charge on any atom is 0.232 e. The summed E-state index contributed by atoms with van der Waals surface area (Å²) in [4.78, 5) is 12.6. The molecule has 1 amide bonds. The lowest BCUT2D eigenvalue weighted by Crippen LogP contribution is -2.26. The van der Waals surface area contributed by atoms with Gasteiger partial charge in [0.15, 0.2) is 17.5 Å². The van der Waals surface area contributed by atoms with E-state index in [1.807, 2.05) is 44.2 Å². The Hall–Kier alpha value is -2.30. The molecule has 1 N–H and O–H groups in total. The predicted molar refractivity (Wildman–Crippen MR) is 83.6 cm³/mol. The Labute approximate surface area is 133 Å². The van der Waals surface area contributed by atoms with Gasteiger partial charge in [-0.05, 0) is 23.6 Å². The number of halogens is 3. The molecule has 0 aromatic heterocycles. The summed E-state index contributed by atoms with van der Waals surface area (Å²) in [6, 6.07) is 10.9. The van der Waals surface area contributed by atoms with Gasteiger partial charge in [-0.3, -0.25) is 4.79 Å². The fraction of sp³-hybridized carbons (Fsp3) is 0.278. The molecule has 0 heterocycles. The maximum absolute atomic E-state index is 13.7. The van der Waals surface area contributed by atoms with Gasteiger partial charge in [-0.15, -0.1) is 0 Å². The first-order valence-electron chi connectivity index (χ1n) is 7.45. The number of amides is 1. The van der Waals surface area contributed by atoms with Gasteiger partial charge in [-0.2, -0.15) is 0 Å². The summed E-state index contributed by atoms with van der Waals surface area (Å²) >= 11 is 0. The maximum atomic E-state index is 13.7. The Morgan fingerprint density at radius 3 is 2.30 bits per heavy atom. The summed E-state index contributed by atoms with van der Waals surface area (Å²) in [5.41, 5.74) is 0.431. The van der Waals surface area contributed by atoms with Crippen LogP contribution >= 0.6 is 0 Å². The van der Waals surface area contributed by atoms with Gasteiger partial charge >= 0.3 is 0 Å². The van der Waals surface area contributed by atoms with Gasteiger partial charge in [-0.1, -0.05) is 50.6 Å². The average Bonchev–Trinajstić information content (AvgIpc) is 2.56. The van der Waals surface area contributed by atoms with Crippen molar-refractivity contribution in [1.82, 2.24) is 0 Å². The van der Waals surface area contributed by atoms with Crippen molar-refractivity contribution in [3.63, 3.8) is 0 Å². The highest BCUT2D eigenvalue weighted by Crippen LogP contribution is 2.29. The number of carbonyl (C=O) groups is 1. The lowest BCUT2D eigenvalue weighted by atomic mass is 9.85. The van der Waals surface area contributed by atoms with Crippen molar-refractivity contribution in [2.75, 3.05) is 5.32 Å². The van der Waals surface area contributed by atoms with Crippen molar-refractivity contribution >= 4 is 11.6 Å². The molecular weight excluding hydrogens is 303 g/mol. The number of benzene rings is 2. The summed E-state index contributed by atoms with van der Waals surface area (Å²) in [5, 5.41) is 2.37. The van der Waals surface area contributed by atoms with Crippen molar-refractivity contribution in [3.05, 3.63) is 65.5 Å². The van der Waals surface area contributed by atoms with E-state index < -0.39 is 29.3 Å². The Morgan fingerprint density at radius 1 is 1.04 bits per heavy atom. The molecule has 0 unspecified atom stereocenters. The minimum atomic E-state index is -1.59. The van der Waals surface area contributed by atoms with Crippen molar-refractivity contribution < 1.29 is 18.0 Å². The molecule has 2 atom stereocenters. The molecule has 23 heavy (non-hydrogen) atoms. The standard InChI is InChI=1S/C18H18F3NO/c1-3-11(2)15(12-7-5-4-6-8-12)18(23)22-14-10-9-13(19)16(20)17(14)21/h4-11,15H,3H2,1-2H3,(H,22,23)/t11-,15-/m0/s1. The van der Waals surface area contributed by atoms with Gasteiger partial charge < -0.3 is 5.32 Å².